The Balaban J connectivity index is 1.33. The molecule has 0 amide bonds. The van der Waals surface area contributed by atoms with Crippen LogP contribution in [0.3, 0.4) is 0 Å². The van der Waals surface area contributed by atoms with E-state index in [4.69, 9.17) is 9.47 Å². The standard InChI is InChI=1S/C20H26N4O3/c25-16-10-18-17(26-13-27-18)9-15(16)12-23-7-4-5-14(11-23)20-22-21-19-6-2-1-3-8-24(19)20/h9-10,14,25H,1-8,11-13H2/t14-/m1/s1. The van der Waals surface area contributed by atoms with Crippen LogP contribution in [0.2, 0.25) is 0 Å². The first-order chi connectivity index (χ1) is 13.3. The van der Waals surface area contributed by atoms with E-state index in [1.807, 2.05) is 6.07 Å². The molecule has 144 valence electrons. The molecule has 0 aliphatic carbocycles. The van der Waals surface area contributed by atoms with Gasteiger partial charge in [0.25, 0.3) is 0 Å². The van der Waals surface area contributed by atoms with Crippen molar-refractivity contribution in [2.45, 2.75) is 57.5 Å². The molecule has 0 unspecified atom stereocenters. The van der Waals surface area contributed by atoms with Crippen molar-refractivity contribution in [2.75, 3.05) is 19.9 Å². The van der Waals surface area contributed by atoms with Crippen LogP contribution in [0.15, 0.2) is 12.1 Å². The molecule has 1 N–H and O–H groups in total. The van der Waals surface area contributed by atoms with Gasteiger partial charge in [0.1, 0.15) is 17.4 Å². The van der Waals surface area contributed by atoms with Gasteiger partial charge >= 0.3 is 0 Å². The number of phenols is 1. The molecule has 1 aromatic carbocycles. The van der Waals surface area contributed by atoms with Crippen LogP contribution in [-0.4, -0.2) is 44.7 Å². The van der Waals surface area contributed by atoms with E-state index in [2.05, 4.69) is 19.7 Å². The molecule has 3 aliphatic heterocycles. The van der Waals surface area contributed by atoms with Gasteiger partial charge in [-0.15, -0.1) is 10.2 Å². The average molecular weight is 370 g/mol. The fourth-order valence-corrected chi connectivity index (χ4v) is 4.56. The van der Waals surface area contributed by atoms with Gasteiger partial charge in [0.2, 0.25) is 6.79 Å². The number of rotatable bonds is 3. The molecule has 1 atom stereocenters. The van der Waals surface area contributed by atoms with Crippen molar-refractivity contribution in [2.24, 2.45) is 0 Å². The third kappa shape index (κ3) is 3.25. The summed E-state index contributed by atoms with van der Waals surface area (Å²) in [4.78, 5) is 2.41. The number of fused-ring (bicyclic) bond motifs is 2. The molecule has 0 spiro atoms. The number of hydrogen-bond donors (Lipinski definition) is 1. The average Bonchev–Trinajstić information content (AvgIpc) is 3.22. The highest BCUT2D eigenvalue weighted by molar-refractivity contribution is 5.51. The van der Waals surface area contributed by atoms with Gasteiger partial charge in [-0.3, -0.25) is 4.90 Å². The minimum Gasteiger partial charge on any atom is -0.507 e. The van der Waals surface area contributed by atoms with Crippen LogP contribution >= 0.6 is 0 Å². The fraction of sp³-hybridized carbons (Fsp3) is 0.600. The Kier molecular flexibility index (Phi) is 4.39. The van der Waals surface area contributed by atoms with Crippen LogP contribution in [0.4, 0.5) is 0 Å². The molecule has 2 aromatic rings. The molecule has 27 heavy (non-hydrogen) atoms. The van der Waals surface area contributed by atoms with E-state index in [1.165, 1.54) is 19.3 Å². The van der Waals surface area contributed by atoms with E-state index >= 15 is 0 Å². The number of nitrogens with zero attached hydrogens (tertiary/aromatic N) is 4. The molecule has 7 nitrogen and oxygen atoms in total. The highest BCUT2D eigenvalue weighted by Gasteiger charge is 2.28. The van der Waals surface area contributed by atoms with E-state index in [9.17, 15) is 5.11 Å². The van der Waals surface area contributed by atoms with Crippen molar-refractivity contribution in [3.63, 3.8) is 0 Å². The van der Waals surface area contributed by atoms with Gasteiger partial charge in [-0.25, -0.2) is 0 Å². The van der Waals surface area contributed by atoms with Crippen molar-refractivity contribution in [3.8, 4) is 17.2 Å². The number of piperidine rings is 1. The molecule has 0 saturated carbocycles. The molecule has 1 aromatic heterocycles. The van der Waals surface area contributed by atoms with E-state index in [0.717, 1.165) is 61.9 Å². The fourth-order valence-electron chi connectivity index (χ4n) is 4.56. The number of aryl methyl sites for hydroxylation is 1. The lowest BCUT2D eigenvalue weighted by molar-refractivity contribution is 0.173. The Hall–Kier alpha value is -2.28. The maximum absolute atomic E-state index is 10.4. The van der Waals surface area contributed by atoms with E-state index in [-0.39, 0.29) is 12.5 Å². The van der Waals surface area contributed by atoms with Crippen LogP contribution in [-0.2, 0) is 19.5 Å². The number of aromatic hydroxyl groups is 1. The molecular weight excluding hydrogens is 344 g/mol. The monoisotopic (exact) mass is 370 g/mol. The Morgan fingerprint density at radius 1 is 1.04 bits per heavy atom. The predicted molar refractivity (Wildman–Crippen MR) is 99.1 cm³/mol. The second-order valence-corrected chi connectivity index (χ2v) is 7.85. The zero-order chi connectivity index (χ0) is 18.2. The normalized spacial score (nSPS) is 22.4. The molecule has 1 saturated heterocycles. The minimum absolute atomic E-state index is 0.224. The van der Waals surface area contributed by atoms with Crippen LogP contribution < -0.4 is 9.47 Å². The Morgan fingerprint density at radius 2 is 1.93 bits per heavy atom. The van der Waals surface area contributed by atoms with Gasteiger partial charge in [0.15, 0.2) is 11.5 Å². The van der Waals surface area contributed by atoms with E-state index in [0.29, 0.717) is 18.2 Å². The molecule has 0 radical (unpaired) electrons. The van der Waals surface area contributed by atoms with E-state index in [1.54, 1.807) is 6.07 Å². The van der Waals surface area contributed by atoms with Crippen LogP contribution in [0, 0.1) is 0 Å². The lowest BCUT2D eigenvalue weighted by atomic mass is 9.96. The van der Waals surface area contributed by atoms with Crippen LogP contribution in [0.25, 0.3) is 0 Å². The molecule has 3 aliphatic rings. The summed E-state index contributed by atoms with van der Waals surface area (Å²) in [5.74, 6) is 4.35. The van der Waals surface area contributed by atoms with Crippen LogP contribution in [0.5, 0.6) is 17.2 Å². The molecule has 0 bridgehead atoms. The van der Waals surface area contributed by atoms with Gasteiger partial charge in [0.05, 0.1) is 0 Å². The summed E-state index contributed by atoms with van der Waals surface area (Å²) in [5.41, 5.74) is 0.889. The number of benzene rings is 1. The van der Waals surface area contributed by atoms with Crippen molar-refractivity contribution in [1.82, 2.24) is 19.7 Å². The molecule has 7 heteroatoms. The van der Waals surface area contributed by atoms with Crippen molar-refractivity contribution >= 4 is 0 Å². The van der Waals surface area contributed by atoms with E-state index < -0.39 is 0 Å². The van der Waals surface area contributed by atoms with Gasteiger partial charge in [0, 0.05) is 43.6 Å². The third-order valence-electron chi connectivity index (χ3n) is 5.98. The summed E-state index contributed by atoms with van der Waals surface area (Å²) >= 11 is 0. The second-order valence-electron chi connectivity index (χ2n) is 7.85. The molecule has 4 heterocycles. The summed E-state index contributed by atoms with van der Waals surface area (Å²) < 4.78 is 13.2. The Labute approximate surface area is 158 Å². The van der Waals surface area contributed by atoms with Gasteiger partial charge in [-0.1, -0.05) is 6.42 Å². The van der Waals surface area contributed by atoms with Crippen molar-refractivity contribution in [1.29, 1.82) is 0 Å². The highest BCUT2D eigenvalue weighted by Crippen LogP contribution is 2.38. The Morgan fingerprint density at radius 3 is 2.85 bits per heavy atom. The first-order valence-electron chi connectivity index (χ1n) is 10.0. The maximum atomic E-state index is 10.4. The Bertz CT molecular complexity index is 835. The lowest BCUT2D eigenvalue weighted by Crippen LogP contribution is -2.35. The summed E-state index contributed by atoms with van der Waals surface area (Å²) in [7, 11) is 0. The zero-order valence-corrected chi connectivity index (χ0v) is 15.6. The number of aromatic nitrogens is 3. The number of likely N-dealkylation sites (tertiary alicyclic amines) is 1. The summed E-state index contributed by atoms with van der Waals surface area (Å²) in [6, 6.07) is 3.57. The summed E-state index contributed by atoms with van der Waals surface area (Å²) in [6.07, 6.45) is 7.06. The number of ether oxygens (including phenoxy) is 2. The minimum atomic E-state index is 0.224. The summed E-state index contributed by atoms with van der Waals surface area (Å²) in [6.45, 7) is 3.97. The number of hydrogen-bond acceptors (Lipinski definition) is 6. The van der Waals surface area contributed by atoms with Gasteiger partial charge in [-0.2, -0.15) is 0 Å². The molecule has 5 rings (SSSR count). The largest absolute Gasteiger partial charge is 0.507 e. The first-order valence-corrected chi connectivity index (χ1v) is 10.0. The molecule has 1 fully saturated rings. The zero-order valence-electron chi connectivity index (χ0n) is 15.6. The lowest BCUT2D eigenvalue weighted by Gasteiger charge is -2.32. The third-order valence-corrected chi connectivity index (χ3v) is 5.98. The first kappa shape index (κ1) is 16.9. The number of phenolic OH excluding ortho intramolecular Hbond substituents is 1. The maximum Gasteiger partial charge on any atom is 0.231 e. The SMILES string of the molecule is Oc1cc2c(cc1CN1CCC[C@@H](c3nnc4n3CCCCC4)C1)OCO2. The smallest absolute Gasteiger partial charge is 0.231 e. The van der Waals surface area contributed by atoms with Gasteiger partial charge in [-0.05, 0) is 38.3 Å². The quantitative estimate of drug-likeness (QED) is 0.896. The van der Waals surface area contributed by atoms with Crippen molar-refractivity contribution in [3.05, 3.63) is 29.3 Å². The van der Waals surface area contributed by atoms with Crippen molar-refractivity contribution < 1.29 is 14.6 Å². The highest BCUT2D eigenvalue weighted by atomic mass is 16.7. The predicted octanol–water partition coefficient (Wildman–Crippen LogP) is 2.82. The van der Waals surface area contributed by atoms with Gasteiger partial charge < -0.3 is 19.1 Å². The summed E-state index contributed by atoms with van der Waals surface area (Å²) in [5, 5.41) is 19.4. The molecular formula is C20H26N4O3. The second kappa shape index (κ2) is 7.03. The topological polar surface area (TPSA) is 72.6 Å². The van der Waals surface area contributed by atoms with Crippen LogP contribution in [0.1, 0.15) is 55.2 Å².